The zero-order chi connectivity index (χ0) is 14.2. The van der Waals surface area contributed by atoms with Crippen LogP contribution in [-0.2, 0) is 4.74 Å². The van der Waals surface area contributed by atoms with Gasteiger partial charge in [0.15, 0.2) is 0 Å². The van der Waals surface area contributed by atoms with E-state index in [0.29, 0.717) is 5.92 Å². The lowest BCUT2D eigenvalue weighted by molar-refractivity contribution is 0.197. The predicted molar refractivity (Wildman–Crippen MR) is 80.5 cm³/mol. The molecule has 1 atom stereocenters. The Bertz CT molecular complexity index is 383. The molecule has 5 nitrogen and oxygen atoms in total. The molecule has 5 heteroatoms. The summed E-state index contributed by atoms with van der Waals surface area (Å²) in [5, 5.41) is 3.45. The number of nitrogens with one attached hydrogen (secondary N) is 1. The highest BCUT2D eigenvalue weighted by atomic mass is 16.5. The average Bonchev–Trinajstić information content (AvgIpc) is 2.52. The van der Waals surface area contributed by atoms with E-state index < -0.39 is 0 Å². The van der Waals surface area contributed by atoms with E-state index in [2.05, 4.69) is 15.2 Å². The third-order valence-corrected chi connectivity index (χ3v) is 3.72. The maximum Gasteiger partial charge on any atom is 0.137 e. The zero-order valence-corrected chi connectivity index (χ0v) is 12.5. The van der Waals surface area contributed by atoms with Crippen molar-refractivity contribution in [1.82, 2.24) is 10.3 Å². The van der Waals surface area contributed by atoms with Crippen LogP contribution in [-0.4, -0.2) is 52.0 Å². The molecule has 2 heterocycles. The summed E-state index contributed by atoms with van der Waals surface area (Å²) in [5.74, 6) is 2.54. The summed E-state index contributed by atoms with van der Waals surface area (Å²) >= 11 is 0. The molecular weight excluding hydrogens is 254 g/mol. The fraction of sp³-hybridized carbons (Fsp3) is 0.667. The van der Waals surface area contributed by atoms with Gasteiger partial charge < -0.3 is 19.7 Å². The Balaban J connectivity index is 1.82. The minimum absolute atomic E-state index is 0.685. The maximum atomic E-state index is 5.15. The minimum atomic E-state index is 0.685. The standard InChI is InChI=1S/C15H25N3O2/c1-19-9-7-16-10-13-4-3-8-18(12-13)15-6-5-14(20-2)11-17-15/h5-6,11,13,16H,3-4,7-10,12H2,1-2H3. The van der Waals surface area contributed by atoms with E-state index in [0.717, 1.165) is 44.4 Å². The second-order valence-corrected chi connectivity index (χ2v) is 5.21. The molecule has 1 aliphatic rings. The van der Waals surface area contributed by atoms with Crippen LogP contribution in [0.15, 0.2) is 18.3 Å². The maximum absolute atomic E-state index is 5.15. The second-order valence-electron chi connectivity index (χ2n) is 5.21. The molecule has 1 N–H and O–H groups in total. The molecular formula is C15H25N3O2. The van der Waals surface area contributed by atoms with Gasteiger partial charge in [0.2, 0.25) is 0 Å². The van der Waals surface area contributed by atoms with Crippen molar-refractivity contribution in [2.45, 2.75) is 12.8 Å². The Morgan fingerprint density at radius 2 is 2.30 bits per heavy atom. The Labute approximate surface area is 121 Å². The highest BCUT2D eigenvalue weighted by Crippen LogP contribution is 2.22. The number of hydrogen-bond donors (Lipinski definition) is 1. The number of piperidine rings is 1. The van der Waals surface area contributed by atoms with Crippen molar-refractivity contribution in [3.63, 3.8) is 0 Å². The lowest BCUT2D eigenvalue weighted by Crippen LogP contribution is -2.40. The molecule has 0 amide bonds. The van der Waals surface area contributed by atoms with Crippen molar-refractivity contribution in [2.75, 3.05) is 51.9 Å². The van der Waals surface area contributed by atoms with E-state index in [-0.39, 0.29) is 0 Å². The summed E-state index contributed by atoms with van der Waals surface area (Å²) in [6.07, 6.45) is 4.30. The number of hydrogen-bond acceptors (Lipinski definition) is 5. The molecule has 1 saturated heterocycles. The Hall–Kier alpha value is -1.33. The van der Waals surface area contributed by atoms with Crippen molar-refractivity contribution in [3.8, 4) is 5.75 Å². The summed E-state index contributed by atoms with van der Waals surface area (Å²) in [5.41, 5.74) is 0. The molecule has 1 aromatic heterocycles. The van der Waals surface area contributed by atoms with Crippen molar-refractivity contribution < 1.29 is 9.47 Å². The number of rotatable bonds is 7. The van der Waals surface area contributed by atoms with Crippen molar-refractivity contribution in [2.24, 2.45) is 5.92 Å². The topological polar surface area (TPSA) is 46.6 Å². The fourth-order valence-corrected chi connectivity index (χ4v) is 2.60. The van der Waals surface area contributed by atoms with E-state index in [4.69, 9.17) is 9.47 Å². The van der Waals surface area contributed by atoms with Crippen LogP contribution in [0.25, 0.3) is 0 Å². The van der Waals surface area contributed by atoms with Crippen molar-refractivity contribution >= 4 is 5.82 Å². The highest BCUT2D eigenvalue weighted by molar-refractivity contribution is 5.41. The van der Waals surface area contributed by atoms with Gasteiger partial charge in [-0.25, -0.2) is 4.98 Å². The smallest absolute Gasteiger partial charge is 0.137 e. The van der Waals surface area contributed by atoms with Gasteiger partial charge in [-0.15, -0.1) is 0 Å². The molecule has 0 bridgehead atoms. The number of ether oxygens (including phenoxy) is 2. The van der Waals surface area contributed by atoms with Crippen molar-refractivity contribution in [1.29, 1.82) is 0 Å². The first kappa shape index (κ1) is 15.1. The van der Waals surface area contributed by atoms with Crippen LogP contribution in [0, 0.1) is 5.92 Å². The predicted octanol–water partition coefficient (Wildman–Crippen LogP) is 1.54. The molecule has 1 aromatic rings. The van der Waals surface area contributed by atoms with Gasteiger partial charge in [-0.3, -0.25) is 0 Å². The van der Waals surface area contributed by atoms with Crippen LogP contribution < -0.4 is 15.0 Å². The third kappa shape index (κ3) is 4.35. The van der Waals surface area contributed by atoms with Gasteiger partial charge in [-0.1, -0.05) is 0 Å². The minimum Gasteiger partial charge on any atom is -0.495 e. The first-order valence-corrected chi connectivity index (χ1v) is 7.28. The quantitative estimate of drug-likeness (QED) is 0.767. The van der Waals surface area contributed by atoms with Crippen LogP contribution in [0.3, 0.4) is 0 Å². The van der Waals surface area contributed by atoms with E-state index in [1.807, 2.05) is 12.1 Å². The Morgan fingerprint density at radius 1 is 1.40 bits per heavy atom. The number of methoxy groups -OCH3 is 2. The van der Waals surface area contributed by atoms with Gasteiger partial charge in [0.05, 0.1) is 19.9 Å². The zero-order valence-electron chi connectivity index (χ0n) is 12.5. The van der Waals surface area contributed by atoms with Gasteiger partial charge in [-0.2, -0.15) is 0 Å². The summed E-state index contributed by atoms with van der Waals surface area (Å²) in [6.45, 7) is 4.91. The van der Waals surface area contributed by atoms with Gasteiger partial charge in [0, 0.05) is 26.7 Å². The Kier molecular flexibility index (Phi) is 6.08. The molecule has 0 spiro atoms. The van der Waals surface area contributed by atoms with E-state index in [1.54, 1.807) is 20.4 Å². The van der Waals surface area contributed by atoms with Crippen molar-refractivity contribution in [3.05, 3.63) is 18.3 Å². The average molecular weight is 279 g/mol. The first-order valence-electron chi connectivity index (χ1n) is 7.28. The van der Waals surface area contributed by atoms with Crippen LogP contribution in [0.2, 0.25) is 0 Å². The molecule has 0 saturated carbocycles. The van der Waals surface area contributed by atoms with E-state index >= 15 is 0 Å². The summed E-state index contributed by atoms with van der Waals surface area (Å²) < 4.78 is 10.2. The lowest BCUT2D eigenvalue weighted by atomic mass is 9.98. The van der Waals surface area contributed by atoms with Gasteiger partial charge in [0.25, 0.3) is 0 Å². The molecule has 0 aromatic carbocycles. The van der Waals surface area contributed by atoms with Gasteiger partial charge in [-0.05, 0) is 37.4 Å². The van der Waals surface area contributed by atoms with E-state index in [9.17, 15) is 0 Å². The third-order valence-electron chi connectivity index (χ3n) is 3.72. The van der Waals surface area contributed by atoms with Crippen LogP contribution >= 0.6 is 0 Å². The van der Waals surface area contributed by atoms with Crippen LogP contribution in [0.4, 0.5) is 5.82 Å². The summed E-state index contributed by atoms with van der Waals surface area (Å²) in [7, 11) is 3.40. The second kappa shape index (κ2) is 8.07. The highest BCUT2D eigenvalue weighted by Gasteiger charge is 2.20. The summed E-state index contributed by atoms with van der Waals surface area (Å²) in [4.78, 5) is 6.84. The molecule has 2 rings (SSSR count). The molecule has 1 unspecified atom stereocenters. The lowest BCUT2D eigenvalue weighted by Gasteiger charge is -2.33. The number of aromatic nitrogens is 1. The summed E-state index contributed by atoms with van der Waals surface area (Å²) in [6, 6.07) is 4.02. The molecule has 1 fully saturated rings. The normalized spacial score (nSPS) is 19.1. The number of anilines is 1. The Morgan fingerprint density at radius 3 is 3.00 bits per heavy atom. The molecule has 112 valence electrons. The van der Waals surface area contributed by atoms with Gasteiger partial charge in [0.1, 0.15) is 11.6 Å². The monoisotopic (exact) mass is 279 g/mol. The number of nitrogens with zero attached hydrogens (tertiary/aromatic N) is 2. The largest absolute Gasteiger partial charge is 0.495 e. The molecule has 0 aliphatic carbocycles. The molecule has 1 aliphatic heterocycles. The van der Waals surface area contributed by atoms with Crippen LogP contribution in [0.1, 0.15) is 12.8 Å². The molecule has 20 heavy (non-hydrogen) atoms. The van der Waals surface area contributed by atoms with E-state index in [1.165, 1.54) is 12.8 Å². The number of pyridine rings is 1. The van der Waals surface area contributed by atoms with Crippen LogP contribution in [0.5, 0.6) is 5.75 Å². The van der Waals surface area contributed by atoms with Gasteiger partial charge >= 0.3 is 0 Å². The molecule has 0 radical (unpaired) electrons. The SMILES string of the molecule is COCCNCC1CCCN(c2ccc(OC)cn2)C1. The first-order chi connectivity index (χ1) is 9.83. The fourth-order valence-electron chi connectivity index (χ4n) is 2.60.